The molecule has 0 heterocycles. The molecule has 0 aromatic carbocycles. The molecule has 6 nitrogen and oxygen atoms in total. The monoisotopic (exact) mass is 246 g/mol. The number of carboxylic acid groups (broad SMARTS) is 1. The molecular formula is C11H22N2O4. The second kappa shape index (κ2) is 6.44. The van der Waals surface area contributed by atoms with E-state index in [1.54, 1.807) is 39.8 Å². The summed E-state index contributed by atoms with van der Waals surface area (Å²) in [6.45, 7) is 5.32. The van der Waals surface area contributed by atoms with Crippen molar-refractivity contribution in [1.82, 2.24) is 10.2 Å². The van der Waals surface area contributed by atoms with Gasteiger partial charge in [0.2, 0.25) is 0 Å². The number of carbonyl (C=O) groups is 2. The van der Waals surface area contributed by atoms with Crippen LogP contribution in [0.3, 0.4) is 0 Å². The molecule has 0 spiro atoms. The van der Waals surface area contributed by atoms with Crippen molar-refractivity contribution in [2.24, 2.45) is 0 Å². The molecule has 1 amide bonds. The van der Waals surface area contributed by atoms with Gasteiger partial charge in [0, 0.05) is 6.42 Å². The number of carbonyl (C=O) groups excluding carboxylic acids is 1. The molecule has 0 aromatic heterocycles. The normalized spacial score (nSPS) is 13.3. The van der Waals surface area contributed by atoms with E-state index >= 15 is 0 Å². The fourth-order valence-electron chi connectivity index (χ4n) is 1.16. The smallest absolute Gasteiger partial charge is 0.408 e. The molecule has 0 fully saturated rings. The predicted octanol–water partition coefficient (Wildman–Crippen LogP) is 1.26. The fourth-order valence-corrected chi connectivity index (χ4v) is 1.16. The van der Waals surface area contributed by atoms with Gasteiger partial charge < -0.3 is 15.2 Å². The largest absolute Gasteiger partial charge is 0.481 e. The minimum atomic E-state index is -0.886. The van der Waals surface area contributed by atoms with Gasteiger partial charge in [0.15, 0.2) is 0 Å². The van der Waals surface area contributed by atoms with E-state index in [-0.39, 0.29) is 12.6 Å². The highest BCUT2D eigenvalue weighted by atomic mass is 16.6. The average Bonchev–Trinajstić information content (AvgIpc) is 2.08. The van der Waals surface area contributed by atoms with Crippen LogP contribution in [0.2, 0.25) is 0 Å². The molecule has 0 aliphatic carbocycles. The predicted molar refractivity (Wildman–Crippen MR) is 63.7 cm³/mol. The maximum atomic E-state index is 11.5. The molecule has 0 aliphatic rings. The van der Waals surface area contributed by atoms with E-state index in [1.165, 1.54) is 0 Å². The Labute approximate surface area is 102 Å². The molecule has 0 aromatic rings. The molecule has 0 aliphatic heterocycles. The minimum absolute atomic E-state index is 0.00134. The zero-order valence-electron chi connectivity index (χ0n) is 11.1. The highest BCUT2D eigenvalue weighted by Gasteiger charge is 2.20. The molecule has 1 atom stereocenters. The Morgan fingerprint density at radius 3 is 2.24 bits per heavy atom. The summed E-state index contributed by atoms with van der Waals surface area (Å²) in [4.78, 5) is 23.7. The lowest BCUT2D eigenvalue weighted by Crippen LogP contribution is -2.46. The number of ether oxygens (including phenoxy) is 1. The van der Waals surface area contributed by atoms with E-state index in [2.05, 4.69) is 5.32 Å². The number of alkyl carbamates (subject to hydrolysis) is 1. The Balaban J connectivity index is 4.25. The topological polar surface area (TPSA) is 78.9 Å². The van der Waals surface area contributed by atoms with Gasteiger partial charge >= 0.3 is 12.1 Å². The first-order valence-corrected chi connectivity index (χ1v) is 5.49. The van der Waals surface area contributed by atoms with Crippen LogP contribution in [-0.4, -0.2) is 47.9 Å². The zero-order valence-corrected chi connectivity index (χ0v) is 11.1. The summed E-state index contributed by atoms with van der Waals surface area (Å²) in [7, 11) is 3.54. The Hall–Kier alpha value is -1.30. The summed E-state index contributed by atoms with van der Waals surface area (Å²) in [5.41, 5.74) is -0.562. The molecule has 2 N–H and O–H groups in total. The van der Waals surface area contributed by atoms with E-state index in [4.69, 9.17) is 9.84 Å². The van der Waals surface area contributed by atoms with Gasteiger partial charge in [-0.05, 0) is 41.3 Å². The van der Waals surface area contributed by atoms with Gasteiger partial charge in [-0.3, -0.25) is 9.69 Å². The lowest BCUT2D eigenvalue weighted by Gasteiger charge is -2.27. The van der Waals surface area contributed by atoms with Crippen molar-refractivity contribution in [2.75, 3.05) is 14.1 Å². The summed E-state index contributed by atoms with van der Waals surface area (Å²) < 4.78 is 5.10. The quantitative estimate of drug-likeness (QED) is 0.714. The SMILES string of the molecule is CN(C)C(CCC(=O)O)NC(=O)OC(C)(C)C. The van der Waals surface area contributed by atoms with Gasteiger partial charge in [-0.15, -0.1) is 0 Å². The number of aliphatic carboxylic acids is 1. The van der Waals surface area contributed by atoms with Crippen LogP contribution in [0.25, 0.3) is 0 Å². The second-order valence-corrected chi connectivity index (χ2v) is 5.06. The van der Waals surface area contributed by atoms with Crippen LogP contribution in [0.4, 0.5) is 4.79 Å². The van der Waals surface area contributed by atoms with E-state index in [9.17, 15) is 9.59 Å². The number of hydrogen-bond acceptors (Lipinski definition) is 4. The molecular weight excluding hydrogens is 224 g/mol. The van der Waals surface area contributed by atoms with Gasteiger partial charge in [-0.25, -0.2) is 4.79 Å². The Morgan fingerprint density at radius 2 is 1.88 bits per heavy atom. The third-order valence-electron chi connectivity index (χ3n) is 1.94. The lowest BCUT2D eigenvalue weighted by molar-refractivity contribution is -0.137. The number of hydrogen-bond donors (Lipinski definition) is 2. The molecule has 6 heteroatoms. The van der Waals surface area contributed by atoms with E-state index < -0.39 is 17.7 Å². The maximum Gasteiger partial charge on any atom is 0.408 e. The van der Waals surface area contributed by atoms with Crippen molar-refractivity contribution in [3.05, 3.63) is 0 Å². The Bertz CT molecular complexity index is 271. The third kappa shape index (κ3) is 8.50. The molecule has 0 radical (unpaired) electrons. The van der Waals surface area contributed by atoms with Crippen molar-refractivity contribution in [2.45, 2.75) is 45.4 Å². The van der Waals surface area contributed by atoms with Crippen molar-refractivity contribution in [3.8, 4) is 0 Å². The Morgan fingerprint density at radius 1 is 1.35 bits per heavy atom. The highest BCUT2D eigenvalue weighted by molar-refractivity contribution is 5.69. The summed E-state index contributed by atoms with van der Waals surface area (Å²) in [5.74, 6) is -0.886. The van der Waals surface area contributed by atoms with Crippen LogP contribution in [0.1, 0.15) is 33.6 Å². The van der Waals surface area contributed by atoms with Gasteiger partial charge in [0.25, 0.3) is 0 Å². The summed E-state index contributed by atoms with van der Waals surface area (Å²) in [5, 5.41) is 11.2. The van der Waals surface area contributed by atoms with Gasteiger partial charge in [-0.2, -0.15) is 0 Å². The molecule has 1 unspecified atom stereocenters. The van der Waals surface area contributed by atoms with Gasteiger partial charge in [-0.1, -0.05) is 0 Å². The second-order valence-electron chi connectivity index (χ2n) is 5.06. The lowest BCUT2D eigenvalue weighted by atomic mass is 10.2. The average molecular weight is 246 g/mol. The van der Waals surface area contributed by atoms with Crippen LogP contribution in [0, 0.1) is 0 Å². The highest BCUT2D eigenvalue weighted by Crippen LogP contribution is 2.08. The zero-order chi connectivity index (χ0) is 13.6. The first-order chi connectivity index (χ1) is 7.61. The van der Waals surface area contributed by atoms with Crippen LogP contribution >= 0.6 is 0 Å². The van der Waals surface area contributed by atoms with Crippen LogP contribution < -0.4 is 5.32 Å². The van der Waals surface area contributed by atoms with Crippen LogP contribution in [0.15, 0.2) is 0 Å². The first-order valence-electron chi connectivity index (χ1n) is 5.49. The molecule has 0 bridgehead atoms. The van der Waals surface area contributed by atoms with Crippen LogP contribution in [0.5, 0.6) is 0 Å². The van der Waals surface area contributed by atoms with Crippen molar-refractivity contribution < 1.29 is 19.4 Å². The van der Waals surface area contributed by atoms with Crippen molar-refractivity contribution >= 4 is 12.1 Å². The molecule has 17 heavy (non-hydrogen) atoms. The fraction of sp³-hybridized carbons (Fsp3) is 0.818. The first kappa shape index (κ1) is 15.7. The van der Waals surface area contributed by atoms with Gasteiger partial charge in [0.05, 0.1) is 6.17 Å². The molecule has 0 saturated heterocycles. The summed E-state index contributed by atoms with van der Waals surface area (Å²) >= 11 is 0. The molecule has 0 saturated carbocycles. The molecule has 100 valence electrons. The minimum Gasteiger partial charge on any atom is -0.481 e. The number of rotatable bonds is 5. The van der Waals surface area contributed by atoms with Crippen molar-refractivity contribution in [1.29, 1.82) is 0 Å². The number of nitrogens with one attached hydrogen (secondary N) is 1. The van der Waals surface area contributed by atoms with E-state index in [0.717, 1.165) is 0 Å². The van der Waals surface area contributed by atoms with Gasteiger partial charge in [0.1, 0.15) is 5.60 Å². The standard InChI is InChI=1S/C11H22N2O4/c1-11(2,3)17-10(16)12-8(13(4)5)6-7-9(14)15/h8H,6-7H2,1-5H3,(H,12,16)(H,14,15). The van der Waals surface area contributed by atoms with Crippen LogP contribution in [-0.2, 0) is 9.53 Å². The van der Waals surface area contributed by atoms with E-state index in [0.29, 0.717) is 6.42 Å². The maximum absolute atomic E-state index is 11.5. The summed E-state index contributed by atoms with van der Waals surface area (Å²) in [6, 6.07) is 0. The number of nitrogens with zero attached hydrogens (tertiary/aromatic N) is 1. The Kier molecular flexibility index (Phi) is 5.95. The number of carboxylic acids is 1. The number of amides is 1. The molecule has 0 rings (SSSR count). The van der Waals surface area contributed by atoms with Crippen molar-refractivity contribution in [3.63, 3.8) is 0 Å². The summed E-state index contributed by atoms with van der Waals surface area (Å²) in [6.07, 6.45) is -0.553. The van der Waals surface area contributed by atoms with E-state index in [1.807, 2.05) is 0 Å². The third-order valence-corrected chi connectivity index (χ3v) is 1.94.